The third kappa shape index (κ3) is 4.98. The molecule has 144 valence electrons. The Morgan fingerprint density at radius 1 is 1.04 bits per heavy atom. The number of aryl methyl sites for hydroxylation is 1. The Morgan fingerprint density at radius 3 is 2.41 bits per heavy atom. The van der Waals surface area contributed by atoms with Gasteiger partial charge in [0.1, 0.15) is 11.4 Å². The van der Waals surface area contributed by atoms with Crippen LogP contribution in [0.3, 0.4) is 0 Å². The second-order valence-electron chi connectivity index (χ2n) is 7.21. The van der Waals surface area contributed by atoms with Crippen molar-refractivity contribution in [2.24, 2.45) is 0 Å². The van der Waals surface area contributed by atoms with Crippen LogP contribution in [0.4, 0.5) is 0 Å². The maximum absolute atomic E-state index is 13.3. The van der Waals surface area contributed by atoms with Crippen LogP contribution in [0.1, 0.15) is 54.9 Å². The van der Waals surface area contributed by atoms with Gasteiger partial charge in [0.2, 0.25) is 0 Å². The monoisotopic (exact) mass is 386 g/mol. The van der Waals surface area contributed by atoms with Gasteiger partial charge in [-0.1, -0.05) is 54.4 Å². The van der Waals surface area contributed by atoms with Crippen LogP contribution in [-0.2, 0) is 19.4 Å². The molecule has 0 heterocycles. The minimum absolute atomic E-state index is 0.0798. The van der Waals surface area contributed by atoms with Gasteiger partial charge < -0.3 is 4.74 Å². The van der Waals surface area contributed by atoms with Gasteiger partial charge in [0.05, 0.1) is 11.3 Å². The van der Waals surface area contributed by atoms with Crippen molar-refractivity contribution >= 4 is 15.8 Å². The van der Waals surface area contributed by atoms with E-state index in [0.717, 1.165) is 31.2 Å². The molecule has 1 unspecified atom stereocenters. The topological polar surface area (TPSA) is 60.4 Å². The second-order valence-corrected chi connectivity index (χ2v) is 9.35. The van der Waals surface area contributed by atoms with Gasteiger partial charge in [0.25, 0.3) is 0 Å². The number of hydrogen-bond donors (Lipinski definition) is 0. The summed E-state index contributed by atoms with van der Waals surface area (Å²) in [6.45, 7) is 1.91. The van der Waals surface area contributed by atoms with Crippen LogP contribution in [0.25, 0.3) is 0 Å². The van der Waals surface area contributed by atoms with E-state index < -0.39 is 21.1 Å². The molecule has 0 aromatic heterocycles. The Balaban J connectivity index is 1.87. The van der Waals surface area contributed by atoms with Crippen molar-refractivity contribution < 1.29 is 17.9 Å². The highest BCUT2D eigenvalue weighted by Crippen LogP contribution is 2.33. The molecule has 1 saturated carbocycles. The van der Waals surface area contributed by atoms with E-state index in [1.165, 1.54) is 6.42 Å². The van der Waals surface area contributed by atoms with Crippen LogP contribution in [0, 0.1) is 6.92 Å². The molecule has 0 amide bonds. The summed E-state index contributed by atoms with van der Waals surface area (Å²) >= 11 is 0. The lowest BCUT2D eigenvalue weighted by Crippen LogP contribution is -2.24. The molecule has 0 aliphatic heterocycles. The number of hydrogen-bond acceptors (Lipinski definition) is 4. The van der Waals surface area contributed by atoms with Gasteiger partial charge in [-0.2, -0.15) is 0 Å². The summed E-state index contributed by atoms with van der Waals surface area (Å²) in [6, 6.07) is 15.7. The number of rotatable bonds is 6. The highest BCUT2D eigenvalue weighted by Gasteiger charge is 2.32. The van der Waals surface area contributed by atoms with Gasteiger partial charge in [-0.05, 0) is 50.3 Å². The molecule has 3 rings (SSSR count). The van der Waals surface area contributed by atoms with Gasteiger partial charge in [-0.15, -0.1) is 0 Å². The van der Waals surface area contributed by atoms with Crippen molar-refractivity contribution in [3.63, 3.8) is 0 Å². The van der Waals surface area contributed by atoms with Gasteiger partial charge >= 0.3 is 5.97 Å². The van der Waals surface area contributed by atoms with Crippen molar-refractivity contribution in [2.45, 2.75) is 61.7 Å². The normalized spacial score (nSPS) is 16.6. The van der Waals surface area contributed by atoms with E-state index in [1.807, 2.05) is 25.1 Å². The Bertz CT molecular complexity index is 868. The molecule has 4 nitrogen and oxygen atoms in total. The van der Waals surface area contributed by atoms with Crippen molar-refractivity contribution in [3.8, 4) is 0 Å². The average molecular weight is 387 g/mol. The zero-order valence-corrected chi connectivity index (χ0v) is 16.5. The summed E-state index contributed by atoms with van der Waals surface area (Å²) < 4.78 is 32.1. The summed E-state index contributed by atoms with van der Waals surface area (Å²) in [6.07, 6.45) is 4.77. The van der Waals surface area contributed by atoms with E-state index in [0.29, 0.717) is 5.56 Å². The van der Waals surface area contributed by atoms with E-state index in [2.05, 4.69) is 0 Å². The first-order valence-corrected chi connectivity index (χ1v) is 11.1. The zero-order valence-electron chi connectivity index (χ0n) is 15.6. The molecular weight excluding hydrogens is 360 g/mol. The molecule has 0 bridgehead atoms. The second kappa shape index (κ2) is 8.70. The van der Waals surface area contributed by atoms with Gasteiger partial charge in [0.15, 0.2) is 9.84 Å². The van der Waals surface area contributed by atoms with Gasteiger partial charge in [0, 0.05) is 0 Å². The molecule has 0 radical (unpaired) electrons. The molecule has 1 aliphatic rings. The molecule has 0 spiro atoms. The molecule has 0 saturated heterocycles. The summed E-state index contributed by atoms with van der Waals surface area (Å²) in [5.74, 6) is -0.437. The Labute approximate surface area is 161 Å². The fourth-order valence-electron chi connectivity index (χ4n) is 3.62. The predicted molar refractivity (Wildman–Crippen MR) is 105 cm³/mol. The fourth-order valence-corrected chi connectivity index (χ4v) is 5.35. The first-order chi connectivity index (χ1) is 13.0. The highest BCUT2D eigenvalue weighted by atomic mass is 32.2. The molecule has 5 heteroatoms. The zero-order chi connectivity index (χ0) is 19.3. The molecule has 1 aliphatic carbocycles. The maximum Gasteiger partial charge on any atom is 0.307 e. The van der Waals surface area contributed by atoms with Gasteiger partial charge in [-0.25, -0.2) is 8.42 Å². The molecule has 1 atom stereocenters. The van der Waals surface area contributed by atoms with Crippen molar-refractivity contribution in [1.82, 2.24) is 0 Å². The third-order valence-electron chi connectivity index (χ3n) is 5.06. The summed E-state index contributed by atoms with van der Waals surface area (Å²) in [5, 5.41) is -0.948. The van der Waals surface area contributed by atoms with Crippen molar-refractivity contribution in [3.05, 3.63) is 65.7 Å². The summed E-state index contributed by atoms with van der Waals surface area (Å²) in [5.41, 5.74) is 1.58. The number of carbonyl (C=O) groups is 1. The maximum atomic E-state index is 13.3. The Morgan fingerprint density at radius 2 is 1.74 bits per heavy atom. The van der Waals surface area contributed by atoms with E-state index in [1.54, 1.807) is 36.4 Å². The third-order valence-corrected chi connectivity index (χ3v) is 7.18. The summed E-state index contributed by atoms with van der Waals surface area (Å²) in [4.78, 5) is 12.8. The lowest BCUT2D eigenvalue weighted by molar-refractivity contribution is -0.150. The standard InChI is InChI=1S/C22H26O4S/c1-17-9-8-10-18(15-17)21(27(24,25)20-13-6-3-7-14-20)16-22(23)26-19-11-4-2-5-12-19/h3,6-10,13-15,19,21H,2,4-5,11-12,16H2,1H3. The van der Waals surface area contributed by atoms with Crippen LogP contribution in [0.2, 0.25) is 0 Å². The van der Waals surface area contributed by atoms with Crippen LogP contribution < -0.4 is 0 Å². The van der Waals surface area contributed by atoms with Crippen molar-refractivity contribution in [2.75, 3.05) is 0 Å². The molecule has 1 fully saturated rings. The summed E-state index contributed by atoms with van der Waals surface area (Å²) in [7, 11) is -3.71. The number of sulfone groups is 1. The Hall–Kier alpha value is -2.14. The van der Waals surface area contributed by atoms with E-state index >= 15 is 0 Å². The smallest absolute Gasteiger partial charge is 0.307 e. The fraction of sp³-hybridized carbons (Fsp3) is 0.409. The lowest BCUT2D eigenvalue weighted by atomic mass is 9.98. The van der Waals surface area contributed by atoms with Crippen molar-refractivity contribution in [1.29, 1.82) is 0 Å². The molecule has 27 heavy (non-hydrogen) atoms. The quantitative estimate of drug-likeness (QED) is 0.671. The number of ether oxygens (including phenoxy) is 1. The molecule has 2 aromatic carbocycles. The number of esters is 1. The van der Waals surface area contributed by atoms with Crippen LogP contribution in [0.15, 0.2) is 59.5 Å². The van der Waals surface area contributed by atoms with E-state index in [9.17, 15) is 13.2 Å². The number of carbonyl (C=O) groups excluding carboxylic acids is 1. The minimum atomic E-state index is -3.71. The first kappa shape index (κ1) is 19.6. The predicted octanol–water partition coefficient (Wildman–Crippen LogP) is 4.78. The van der Waals surface area contributed by atoms with Gasteiger partial charge in [-0.3, -0.25) is 4.79 Å². The molecule has 2 aromatic rings. The largest absolute Gasteiger partial charge is 0.462 e. The highest BCUT2D eigenvalue weighted by molar-refractivity contribution is 7.91. The minimum Gasteiger partial charge on any atom is -0.462 e. The molecular formula is C22H26O4S. The van der Waals surface area contributed by atoms with Crippen LogP contribution in [0.5, 0.6) is 0 Å². The first-order valence-electron chi connectivity index (χ1n) is 9.52. The average Bonchev–Trinajstić information content (AvgIpc) is 2.67. The SMILES string of the molecule is Cc1cccc(C(CC(=O)OC2CCCCC2)S(=O)(=O)c2ccccc2)c1. The Kier molecular flexibility index (Phi) is 6.32. The lowest BCUT2D eigenvalue weighted by Gasteiger charge is -2.24. The van der Waals surface area contributed by atoms with Crippen LogP contribution >= 0.6 is 0 Å². The van der Waals surface area contributed by atoms with E-state index in [4.69, 9.17) is 4.74 Å². The molecule has 0 N–H and O–H groups in total. The van der Waals surface area contributed by atoms with Crippen LogP contribution in [-0.4, -0.2) is 20.5 Å². The van der Waals surface area contributed by atoms with E-state index in [-0.39, 0.29) is 17.4 Å². The number of benzene rings is 2.